The van der Waals surface area contributed by atoms with Gasteiger partial charge in [0, 0.05) is 42.9 Å². The van der Waals surface area contributed by atoms with E-state index in [1.807, 2.05) is 10.8 Å². The van der Waals surface area contributed by atoms with Crippen LogP contribution in [0.4, 0.5) is 19.0 Å². The third-order valence-corrected chi connectivity index (χ3v) is 7.51. The lowest BCUT2D eigenvalue weighted by molar-refractivity contribution is -0.126. The van der Waals surface area contributed by atoms with Crippen molar-refractivity contribution < 1.29 is 18.3 Å². The Morgan fingerprint density at radius 2 is 2.03 bits per heavy atom. The minimum Gasteiger partial charge on any atom is -0.395 e. The van der Waals surface area contributed by atoms with Gasteiger partial charge < -0.3 is 14.6 Å². The second kappa shape index (κ2) is 8.60. The number of fused-ring (bicyclic) bond motifs is 2. The summed E-state index contributed by atoms with van der Waals surface area (Å²) in [5.74, 6) is 2.19. The van der Waals surface area contributed by atoms with Crippen molar-refractivity contribution in [1.29, 1.82) is 0 Å². The molecule has 2 aliphatic heterocycles. The topological polar surface area (TPSA) is 70.3 Å². The fourth-order valence-corrected chi connectivity index (χ4v) is 6.11. The molecule has 0 amide bonds. The maximum atomic E-state index is 12.8. The Morgan fingerprint density at radius 1 is 1.16 bits per heavy atom. The summed E-state index contributed by atoms with van der Waals surface area (Å²) < 4.78 is 40.5. The third-order valence-electron chi connectivity index (χ3n) is 6.47. The van der Waals surface area contributed by atoms with Crippen molar-refractivity contribution in [3.8, 4) is 0 Å². The molecule has 0 aromatic carbocycles. The summed E-state index contributed by atoms with van der Waals surface area (Å²) in [5.41, 5.74) is 0. The molecule has 2 fully saturated rings. The van der Waals surface area contributed by atoms with Gasteiger partial charge in [0.15, 0.2) is 0 Å². The summed E-state index contributed by atoms with van der Waals surface area (Å²) in [6.45, 7) is 4.03. The molecule has 172 valence electrons. The first-order valence-electron chi connectivity index (χ1n) is 10.8. The predicted octanol–water partition coefficient (Wildman–Crippen LogP) is 3.09. The molecule has 2 aliphatic rings. The average Bonchev–Trinajstić information content (AvgIpc) is 3.45. The molecular formula is C21H25F3N6OS. The molecule has 0 aliphatic carbocycles. The van der Waals surface area contributed by atoms with Crippen LogP contribution in [0.15, 0.2) is 24.8 Å². The number of hydrogen-bond acceptors (Lipinski definition) is 7. The van der Waals surface area contributed by atoms with E-state index in [0.717, 1.165) is 67.4 Å². The van der Waals surface area contributed by atoms with Crippen LogP contribution >= 0.6 is 11.3 Å². The molecule has 3 aromatic rings. The first-order chi connectivity index (χ1) is 15.4. The summed E-state index contributed by atoms with van der Waals surface area (Å²) in [6, 6.07) is 2.06. The summed E-state index contributed by atoms with van der Waals surface area (Å²) in [7, 11) is 0. The number of likely N-dealkylation sites (tertiary alicyclic amines) is 1. The Hall–Kier alpha value is -2.24. The number of imidazole rings is 1. The van der Waals surface area contributed by atoms with E-state index in [-0.39, 0.29) is 11.5 Å². The van der Waals surface area contributed by atoms with E-state index < -0.39 is 12.6 Å². The second-order valence-corrected chi connectivity index (χ2v) is 9.62. The molecule has 11 heteroatoms. The Labute approximate surface area is 187 Å². The van der Waals surface area contributed by atoms with Gasteiger partial charge in [0.1, 0.15) is 22.8 Å². The second-order valence-electron chi connectivity index (χ2n) is 8.50. The minimum atomic E-state index is -4.23. The Morgan fingerprint density at radius 3 is 2.84 bits per heavy atom. The van der Waals surface area contributed by atoms with Crippen LogP contribution in [0.2, 0.25) is 0 Å². The van der Waals surface area contributed by atoms with Crippen LogP contribution < -0.4 is 4.90 Å². The highest BCUT2D eigenvalue weighted by Crippen LogP contribution is 2.38. The molecular weight excluding hydrogens is 441 g/mol. The van der Waals surface area contributed by atoms with Crippen LogP contribution in [0.1, 0.15) is 23.5 Å². The fourth-order valence-electron chi connectivity index (χ4n) is 5.08. The number of thiophene rings is 1. The molecule has 3 aromatic heterocycles. The maximum absolute atomic E-state index is 12.8. The summed E-state index contributed by atoms with van der Waals surface area (Å²) >= 11 is 1.10. The van der Waals surface area contributed by atoms with E-state index in [2.05, 4.69) is 24.8 Å². The standard InChI is InChI=1S/C21H25F3N6OS/c22-21(23,24)10-15-9-16-19(26-13-27-20(16)32-15)30-5-2-17-14(11-30)1-4-29(17)12-18-25-3-6-28(18)7-8-31/h3,6,9,13-14,17,31H,1-2,4-5,7-8,10-12H2. The lowest BCUT2D eigenvalue weighted by Crippen LogP contribution is -2.46. The van der Waals surface area contributed by atoms with Gasteiger partial charge in [-0.2, -0.15) is 13.2 Å². The number of anilines is 1. The molecule has 32 heavy (non-hydrogen) atoms. The van der Waals surface area contributed by atoms with Gasteiger partial charge in [-0.3, -0.25) is 4.90 Å². The number of aliphatic hydroxyl groups excluding tert-OH is 1. The van der Waals surface area contributed by atoms with Gasteiger partial charge in [-0.25, -0.2) is 15.0 Å². The van der Waals surface area contributed by atoms with Gasteiger partial charge in [0.2, 0.25) is 0 Å². The molecule has 5 rings (SSSR count). The molecule has 0 bridgehead atoms. The van der Waals surface area contributed by atoms with E-state index in [1.54, 1.807) is 12.3 Å². The largest absolute Gasteiger partial charge is 0.395 e. The summed E-state index contributed by atoms with van der Waals surface area (Å²) in [5, 5.41) is 9.97. The molecule has 2 saturated heterocycles. The van der Waals surface area contributed by atoms with E-state index in [0.29, 0.717) is 23.3 Å². The number of nitrogens with zero attached hydrogens (tertiary/aromatic N) is 6. The third kappa shape index (κ3) is 4.33. The minimum absolute atomic E-state index is 0.0883. The molecule has 5 heterocycles. The highest BCUT2D eigenvalue weighted by molar-refractivity contribution is 7.18. The maximum Gasteiger partial charge on any atom is 0.393 e. The fraction of sp³-hybridized carbons (Fsp3) is 0.571. The molecule has 2 atom stereocenters. The molecule has 2 unspecified atom stereocenters. The zero-order valence-corrected chi connectivity index (χ0v) is 18.3. The predicted molar refractivity (Wildman–Crippen MR) is 116 cm³/mol. The highest BCUT2D eigenvalue weighted by atomic mass is 32.1. The number of halogens is 3. The number of hydrogen-bond donors (Lipinski definition) is 1. The zero-order chi connectivity index (χ0) is 22.3. The van der Waals surface area contributed by atoms with E-state index in [4.69, 9.17) is 0 Å². The highest BCUT2D eigenvalue weighted by Gasteiger charge is 2.39. The Balaban J connectivity index is 1.30. The monoisotopic (exact) mass is 466 g/mol. The Bertz CT molecular complexity index is 1080. The van der Waals surface area contributed by atoms with Crippen molar-refractivity contribution >= 4 is 27.4 Å². The van der Waals surface area contributed by atoms with Crippen molar-refractivity contribution in [1.82, 2.24) is 24.4 Å². The summed E-state index contributed by atoms with van der Waals surface area (Å²) in [6.07, 6.45) is 2.01. The Kier molecular flexibility index (Phi) is 5.81. The molecule has 0 spiro atoms. The average molecular weight is 467 g/mol. The quantitative estimate of drug-likeness (QED) is 0.602. The molecule has 0 saturated carbocycles. The van der Waals surface area contributed by atoms with Crippen molar-refractivity contribution in [2.45, 2.75) is 44.6 Å². The van der Waals surface area contributed by atoms with Crippen LogP contribution in [0, 0.1) is 5.92 Å². The van der Waals surface area contributed by atoms with E-state index >= 15 is 0 Å². The van der Waals surface area contributed by atoms with Crippen molar-refractivity contribution in [2.24, 2.45) is 5.92 Å². The first kappa shape index (κ1) is 21.6. The van der Waals surface area contributed by atoms with Gasteiger partial charge in [0.25, 0.3) is 0 Å². The zero-order valence-electron chi connectivity index (χ0n) is 17.5. The van der Waals surface area contributed by atoms with Gasteiger partial charge in [-0.1, -0.05) is 0 Å². The van der Waals surface area contributed by atoms with Gasteiger partial charge >= 0.3 is 6.18 Å². The molecule has 1 N–H and O–H groups in total. The smallest absolute Gasteiger partial charge is 0.393 e. The summed E-state index contributed by atoms with van der Waals surface area (Å²) in [4.78, 5) is 18.7. The first-order valence-corrected chi connectivity index (χ1v) is 11.6. The van der Waals surface area contributed by atoms with Crippen LogP contribution in [0.25, 0.3) is 10.2 Å². The van der Waals surface area contributed by atoms with Gasteiger partial charge in [-0.05, 0) is 31.4 Å². The van der Waals surface area contributed by atoms with Crippen LogP contribution in [0.5, 0.6) is 0 Å². The van der Waals surface area contributed by atoms with Crippen LogP contribution in [0.3, 0.4) is 0 Å². The van der Waals surface area contributed by atoms with Crippen molar-refractivity contribution in [3.05, 3.63) is 35.5 Å². The number of rotatable bonds is 6. The van der Waals surface area contributed by atoms with Crippen molar-refractivity contribution in [3.63, 3.8) is 0 Å². The van der Waals surface area contributed by atoms with Crippen LogP contribution in [-0.2, 0) is 19.5 Å². The van der Waals surface area contributed by atoms with Crippen LogP contribution in [-0.4, -0.2) is 68.0 Å². The van der Waals surface area contributed by atoms with Crippen molar-refractivity contribution in [2.75, 3.05) is 31.1 Å². The number of aromatic nitrogens is 4. The molecule has 7 nitrogen and oxygen atoms in total. The number of alkyl halides is 3. The normalized spacial score (nSPS) is 22.1. The lowest BCUT2D eigenvalue weighted by Gasteiger charge is -2.38. The molecule has 0 radical (unpaired) electrons. The van der Waals surface area contributed by atoms with E-state index in [9.17, 15) is 18.3 Å². The number of aliphatic hydroxyl groups is 1. The van der Waals surface area contributed by atoms with E-state index in [1.165, 1.54) is 6.33 Å². The van der Waals surface area contributed by atoms with Gasteiger partial charge in [0.05, 0.1) is 25.0 Å². The lowest BCUT2D eigenvalue weighted by atomic mass is 9.92. The SMILES string of the molecule is OCCn1ccnc1CN1CCC2CN(c3ncnc4sc(CC(F)(F)F)cc34)CCC21. The number of piperidine rings is 1. The van der Waals surface area contributed by atoms with Gasteiger partial charge in [-0.15, -0.1) is 11.3 Å².